The molecule has 0 saturated carbocycles. The Kier molecular flexibility index (Phi) is 6.75. The van der Waals surface area contributed by atoms with Gasteiger partial charge in [0.2, 0.25) is 0 Å². The van der Waals surface area contributed by atoms with Crippen molar-refractivity contribution in [1.29, 1.82) is 0 Å². The Morgan fingerprint density at radius 2 is 2.00 bits per heavy atom. The van der Waals surface area contributed by atoms with E-state index in [1.807, 2.05) is 0 Å². The van der Waals surface area contributed by atoms with Crippen LogP contribution in [-0.2, 0) is 9.47 Å². The Morgan fingerprint density at radius 3 is 2.60 bits per heavy atom. The molecule has 0 N–H and O–H groups in total. The average molecular weight is 278 g/mol. The van der Waals surface area contributed by atoms with Gasteiger partial charge in [-0.05, 0) is 58.6 Å². The second-order valence-electron chi connectivity index (χ2n) is 6.65. The van der Waals surface area contributed by atoms with Crippen molar-refractivity contribution < 1.29 is 9.47 Å². The predicted octanol–water partition coefficient (Wildman–Crippen LogP) is 5.01. The zero-order valence-corrected chi connectivity index (χ0v) is 14.0. The molecular formula is C18H30O2. The van der Waals surface area contributed by atoms with Crippen molar-refractivity contribution >= 4 is 0 Å². The minimum Gasteiger partial charge on any atom is -0.352 e. The lowest BCUT2D eigenvalue weighted by atomic mass is 9.91. The molecule has 0 aromatic heterocycles. The molecule has 114 valence electrons. The molecular weight excluding hydrogens is 248 g/mol. The molecule has 0 spiro atoms. The zero-order chi connectivity index (χ0) is 15.2. The Balaban J connectivity index is 2.62. The van der Waals surface area contributed by atoms with Gasteiger partial charge < -0.3 is 9.47 Å². The SMILES string of the molecule is CC(=C=CC(C)(C)C1OCCC(C)O1)CCC=C(C)C. The third-order valence-electron chi connectivity index (χ3n) is 3.52. The van der Waals surface area contributed by atoms with Crippen molar-refractivity contribution in [3.63, 3.8) is 0 Å². The molecule has 2 heteroatoms. The van der Waals surface area contributed by atoms with Crippen LogP contribution in [0.2, 0.25) is 0 Å². The molecule has 0 bridgehead atoms. The fourth-order valence-corrected chi connectivity index (χ4v) is 2.08. The second kappa shape index (κ2) is 7.83. The van der Waals surface area contributed by atoms with Gasteiger partial charge in [-0.2, -0.15) is 0 Å². The van der Waals surface area contributed by atoms with E-state index < -0.39 is 0 Å². The largest absolute Gasteiger partial charge is 0.352 e. The van der Waals surface area contributed by atoms with Gasteiger partial charge in [0.15, 0.2) is 6.29 Å². The third kappa shape index (κ3) is 6.09. The van der Waals surface area contributed by atoms with E-state index >= 15 is 0 Å². The fourth-order valence-electron chi connectivity index (χ4n) is 2.08. The van der Waals surface area contributed by atoms with Crippen LogP contribution < -0.4 is 0 Å². The maximum atomic E-state index is 5.88. The summed E-state index contributed by atoms with van der Waals surface area (Å²) in [4.78, 5) is 0. The number of rotatable bonds is 5. The lowest BCUT2D eigenvalue weighted by Crippen LogP contribution is -2.40. The molecule has 1 heterocycles. The number of hydrogen-bond donors (Lipinski definition) is 0. The number of ether oxygens (including phenoxy) is 2. The topological polar surface area (TPSA) is 18.5 Å². The molecule has 2 unspecified atom stereocenters. The lowest BCUT2D eigenvalue weighted by Gasteiger charge is -2.36. The summed E-state index contributed by atoms with van der Waals surface area (Å²) < 4.78 is 11.6. The maximum absolute atomic E-state index is 5.88. The van der Waals surface area contributed by atoms with E-state index in [9.17, 15) is 0 Å². The zero-order valence-electron chi connectivity index (χ0n) is 14.0. The standard InChI is InChI=1S/C18H30O2/c1-14(2)8-7-9-15(3)10-12-18(5,6)17-19-13-11-16(4)20-17/h8,12,16-17H,7,9,11,13H2,1-6H3. The smallest absolute Gasteiger partial charge is 0.166 e. The Bertz CT molecular complexity index is 394. The van der Waals surface area contributed by atoms with Crippen molar-refractivity contribution in [3.8, 4) is 0 Å². The monoisotopic (exact) mass is 278 g/mol. The molecule has 1 saturated heterocycles. The second-order valence-corrected chi connectivity index (χ2v) is 6.65. The molecule has 1 fully saturated rings. The van der Waals surface area contributed by atoms with Gasteiger partial charge in [-0.3, -0.25) is 0 Å². The fraction of sp³-hybridized carbons (Fsp3) is 0.722. The van der Waals surface area contributed by atoms with Gasteiger partial charge in [-0.1, -0.05) is 25.5 Å². The Hall–Kier alpha value is -0.820. The van der Waals surface area contributed by atoms with Crippen LogP contribution in [0.3, 0.4) is 0 Å². The molecule has 0 aliphatic carbocycles. The summed E-state index contributed by atoms with van der Waals surface area (Å²) in [6, 6.07) is 0. The van der Waals surface area contributed by atoms with E-state index in [2.05, 4.69) is 59.4 Å². The van der Waals surface area contributed by atoms with Crippen LogP contribution in [0.1, 0.15) is 60.8 Å². The molecule has 1 rings (SSSR count). The van der Waals surface area contributed by atoms with Gasteiger partial charge >= 0.3 is 0 Å². The van der Waals surface area contributed by atoms with Crippen LogP contribution in [0.4, 0.5) is 0 Å². The maximum Gasteiger partial charge on any atom is 0.166 e. The third-order valence-corrected chi connectivity index (χ3v) is 3.52. The molecule has 0 aromatic rings. The summed E-state index contributed by atoms with van der Waals surface area (Å²) in [7, 11) is 0. The van der Waals surface area contributed by atoms with Gasteiger partial charge in [0.25, 0.3) is 0 Å². The molecule has 2 nitrogen and oxygen atoms in total. The first-order chi connectivity index (χ1) is 9.31. The normalized spacial score (nSPS) is 22.9. The van der Waals surface area contributed by atoms with Crippen LogP contribution in [0.15, 0.2) is 29.0 Å². The van der Waals surface area contributed by atoms with Crippen molar-refractivity contribution in [2.24, 2.45) is 5.41 Å². The van der Waals surface area contributed by atoms with Crippen molar-refractivity contribution in [2.45, 2.75) is 73.2 Å². The first-order valence-electron chi connectivity index (χ1n) is 7.65. The summed E-state index contributed by atoms with van der Waals surface area (Å²) in [6.07, 6.45) is 7.62. The van der Waals surface area contributed by atoms with Crippen LogP contribution in [0.5, 0.6) is 0 Å². The van der Waals surface area contributed by atoms with Crippen LogP contribution >= 0.6 is 0 Å². The molecule has 1 aliphatic rings. The first-order valence-corrected chi connectivity index (χ1v) is 7.65. The molecule has 0 radical (unpaired) electrons. The van der Waals surface area contributed by atoms with Gasteiger partial charge in [-0.15, -0.1) is 5.73 Å². The van der Waals surface area contributed by atoms with Crippen LogP contribution in [-0.4, -0.2) is 19.0 Å². The minimum absolute atomic E-state index is 0.146. The van der Waals surface area contributed by atoms with Crippen LogP contribution in [0, 0.1) is 5.41 Å². The van der Waals surface area contributed by atoms with E-state index in [-0.39, 0.29) is 17.8 Å². The van der Waals surface area contributed by atoms with Crippen molar-refractivity contribution in [1.82, 2.24) is 0 Å². The summed E-state index contributed by atoms with van der Waals surface area (Å²) in [5.41, 5.74) is 5.92. The van der Waals surface area contributed by atoms with Gasteiger partial charge in [0, 0.05) is 5.41 Å². The Morgan fingerprint density at radius 1 is 1.30 bits per heavy atom. The first kappa shape index (κ1) is 17.2. The van der Waals surface area contributed by atoms with Gasteiger partial charge in [-0.25, -0.2) is 0 Å². The van der Waals surface area contributed by atoms with E-state index in [1.165, 1.54) is 11.1 Å². The summed E-state index contributed by atoms with van der Waals surface area (Å²) in [6.45, 7) is 13.6. The van der Waals surface area contributed by atoms with E-state index in [0.717, 1.165) is 25.9 Å². The highest BCUT2D eigenvalue weighted by Crippen LogP contribution is 2.30. The molecule has 20 heavy (non-hydrogen) atoms. The summed E-state index contributed by atoms with van der Waals surface area (Å²) >= 11 is 0. The van der Waals surface area contributed by atoms with Crippen molar-refractivity contribution in [3.05, 3.63) is 29.0 Å². The van der Waals surface area contributed by atoms with E-state index in [4.69, 9.17) is 9.47 Å². The number of allylic oxidation sites excluding steroid dienone is 2. The molecule has 0 amide bonds. The average Bonchev–Trinajstić information content (AvgIpc) is 2.36. The molecule has 0 aromatic carbocycles. The molecule has 1 aliphatic heterocycles. The van der Waals surface area contributed by atoms with E-state index in [0.29, 0.717) is 0 Å². The lowest BCUT2D eigenvalue weighted by molar-refractivity contribution is -0.242. The van der Waals surface area contributed by atoms with Gasteiger partial charge in [0.1, 0.15) is 0 Å². The highest BCUT2D eigenvalue weighted by atomic mass is 16.7. The quantitative estimate of drug-likeness (QED) is 0.520. The van der Waals surface area contributed by atoms with Crippen LogP contribution in [0.25, 0.3) is 0 Å². The van der Waals surface area contributed by atoms with E-state index in [1.54, 1.807) is 0 Å². The minimum atomic E-state index is -0.163. The number of hydrogen-bond acceptors (Lipinski definition) is 2. The predicted molar refractivity (Wildman–Crippen MR) is 84.6 cm³/mol. The van der Waals surface area contributed by atoms with Gasteiger partial charge in [0.05, 0.1) is 12.7 Å². The highest BCUT2D eigenvalue weighted by Gasteiger charge is 2.33. The highest BCUT2D eigenvalue weighted by molar-refractivity contribution is 5.06. The van der Waals surface area contributed by atoms with Crippen molar-refractivity contribution in [2.75, 3.05) is 6.61 Å². The summed E-state index contributed by atoms with van der Waals surface area (Å²) in [5, 5.41) is 0. The summed E-state index contributed by atoms with van der Waals surface area (Å²) in [5.74, 6) is 0. The molecule has 2 atom stereocenters. The Labute approximate surface area is 124 Å².